The Hall–Kier alpha value is -2.93. The Labute approximate surface area is 214 Å². The van der Waals surface area contributed by atoms with E-state index in [2.05, 4.69) is 40.5 Å². The smallest absolute Gasteiger partial charge is 0.238 e. The quantitative estimate of drug-likeness (QED) is 0.611. The Morgan fingerprint density at radius 1 is 1.08 bits per heavy atom. The molecule has 3 atom stereocenters. The highest BCUT2D eigenvalue weighted by molar-refractivity contribution is 5.93. The molecule has 1 aromatic carbocycles. The van der Waals surface area contributed by atoms with Gasteiger partial charge in [0.1, 0.15) is 11.4 Å². The van der Waals surface area contributed by atoms with E-state index < -0.39 is 17.4 Å². The number of primary amides is 1. The van der Waals surface area contributed by atoms with E-state index in [0.29, 0.717) is 6.54 Å². The van der Waals surface area contributed by atoms with Crippen molar-refractivity contribution >= 4 is 23.3 Å². The Bertz CT molecular complexity index is 1110. The standard InChI is InChI=1S/C29H39N5O2/c1-29(31-2,28(30)36)26(21-10-4-3-5-11-21)27(35)34-17-8-13-24(34)22-14-16-32-25(19-22)33-18-15-20-9-6-7-12-23(20)33/h6-7,9,12,14,16,19,21,24,26,31H,3-5,8,10-11,13,15,17-18H2,1-2H3,(H2,30,36)/t24-,26+,29?/m0/s1. The molecule has 3 heterocycles. The third-order valence-corrected chi connectivity index (χ3v) is 8.89. The first kappa shape index (κ1) is 24.8. The number of rotatable bonds is 7. The first-order chi connectivity index (χ1) is 17.4. The number of aromatic nitrogens is 1. The number of hydrogen-bond donors (Lipinski definition) is 2. The van der Waals surface area contributed by atoms with Crippen LogP contribution in [0.1, 0.15) is 69.0 Å². The van der Waals surface area contributed by atoms with Gasteiger partial charge in [-0.05, 0) is 81.3 Å². The lowest BCUT2D eigenvalue weighted by molar-refractivity contribution is -0.147. The van der Waals surface area contributed by atoms with Crippen LogP contribution < -0.4 is 16.0 Å². The zero-order valence-electron chi connectivity index (χ0n) is 21.6. The third-order valence-electron chi connectivity index (χ3n) is 8.89. The zero-order chi connectivity index (χ0) is 25.3. The molecule has 1 saturated heterocycles. The number of hydrogen-bond acceptors (Lipinski definition) is 5. The van der Waals surface area contributed by atoms with Gasteiger partial charge in [0.2, 0.25) is 11.8 Å². The number of pyridine rings is 1. The number of carbonyl (C=O) groups is 2. The molecule has 36 heavy (non-hydrogen) atoms. The van der Waals surface area contributed by atoms with Crippen LogP contribution in [-0.4, -0.2) is 47.4 Å². The normalized spacial score (nSPS) is 22.8. The highest BCUT2D eigenvalue weighted by Crippen LogP contribution is 2.42. The number of carbonyl (C=O) groups excluding carboxylic acids is 2. The van der Waals surface area contributed by atoms with Crippen LogP contribution in [0.2, 0.25) is 0 Å². The van der Waals surface area contributed by atoms with E-state index in [-0.39, 0.29) is 17.9 Å². The molecule has 2 amide bonds. The van der Waals surface area contributed by atoms with Crippen LogP contribution in [0.15, 0.2) is 42.6 Å². The minimum Gasteiger partial charge on any atom is -0.368 e. The molecule has 1 saturated carbocycles. The maximum atomic E-state index is 14.3. The van der Waals surface area contributed by atoms with Gasteiger partial charge in [-0.2, -0.15) is 0 Å². The van der Waals surface area contributed by atoms with Crippen molar-refractivity contribution in [3.63, 3.8) is 0 Å². The minimum atomic E-state index is -1.07. The summed E-state index contributed by atoms with van der Waals surface area (Å²) in [6, 6.07) is 12.7. The number of para-hydroxylation sites is 1. The molecule has 2 fully saturated rings. The van der Waals surface area contributed by atoms with Gasteiger partial charge in [-0.25, -0.2) is 4.98 Å². The molecule has 3 aliphatic rings. The fraction of sp³-hybridized carbons (Fsp3) is 0.552. The molecular formula is C29H39N5O2. The van der Waals surface area contributed by atoms with Crippen molar-refractivity contribution in [3.05, 3.63) is 53.7 Å². The van der Waals surface area contributed by atoms with Gasteiger partial charge in [-0.15, -0.1) is 0 Å². The summed E-state index contributed by atoms with van der Waals surface area (Å²) in [6.07, 6.45) is 10.1. The van der Waals surface area contributed by atoms with Gasteiger partial charge in [-0.3, -0.25) is 9.59 Å². The van der Waals surface area contributed by atoms with Crippen LogP contribution in [0.4, 0.5) is 11.5 Å². The molecular weight excluding hydrogens is 450 g/mol. The molecule has 0 radical (unpaired) electrons. The van der Waals surface area contributed by atoms with Gasteiger partial charge < -0.3 is 20.9 Å². The predicted molar refractivity (Wildman–Crippen MR) is 142 cm³/mol. The van der Waals surface area contributed by atoms with Gasteiger partial charge in [-0.1, -0.05) is 37.5 Å². The van der Waals surface area contributed by atoms with E-state index in [1.54, 1.807) is 7.05 Å². The van der Waals surface area contributed by atoms with Crippen molar-refractivity contribution in [1.82, 2.24) is 15.2 Å². The van der Waals surface area contributed by atoms with E-state index in [9.17, 15) is 9.59 Å². The summed E-state index contributed by atoms with van der Waals surface area (Å²) >= 11 is 0. The molecule has 0 bridgehead atoms. The number of nitrogens with two attached hydrogens (primary N) is 1. The number of benzene rings is 1. The van der Waals surface area contributed by atoms with Crippen LogP contribution in [0, 0.1) is 11.8 Å². The number of nitrogens with zero attached hydrogens (tertiary/aromatic N) is 3. The van der Waals surface area contributed by atoms with E-state index in [1.165, 1.54) is 17.7 Å². The lowest BCUT2D eigenvalue weighted by Crippen LogP contribution is -2.63. The van der Waals surface area contributed by atoms with Gasteiger partial charge in [0.05, 0.1) is 12.0 Å². The van der Waals surface area contributed by atoms with E-state index in [1.807, 2.05) is 24.1 Å². The molecule has 1 aliphatic carbocycles. The average molecular weight is 490 g/mol. The summed E-state index contributed by atoms with van der Waals surface area (Å²) < 4.78 is 0. The molecule has 7 nitrogen and oxygen atoms in total. The Morgan fingerprint density at radius 2 is 1.86 bits per heavy atom. The first-order valence-electron chi connectivity index (χ1n) is 13.5. The number of anilines is 2. The number of nitrogens with one attached hydrogen (secondary N) is 1. The molecule has 5 rings (SSSR count). The molecule has 7 heteroatoms. The van der Waals surface area contributed by atoms with Crippen molar-refractivity contribution in [2.75, 3.05) is 25.0 Å². The summed E-state index contributed by atoms with van der Waals surface area (Å²) in [7, 11) is 1.75. The lowest BCUT2D eigenvalue weighted by atomic mass is 9.69. The zero-order valence-corrected chi connectivity index (χ0v) is 21.6. The summed E-state index contributed by atoms with van der Waals surface area (Å²) in [5.74, 6) is 0.227. The highest BCUT2D eigenvalue weighted by Gasteiger charge is 2.50. The second-order valence-corrected chi connectivity index (χ2v) is 10.9. The van der Waals surface area contributed by atoms with E-state index >= 15 is 0 Å². The van der Waals surface area contributed by atoms with Crippen LogP contribution >= 0.6 is 0 Å². The number of likely N-dealkylation sites (tertiary alicyclic amines) is 1. The van der Waals surface area contributed by atoms with Crippen LogP contribution in [0.3, 0.4) is 0 Å². The fourth-order valence-corrected chi connectivity index (χ4v) is 6.74. The fourth-order valence-electron chi connectivity index (χ4n) is 6.74. The summed E-state index contributed by atoms with van der Waals surface area (Å²) in [5, 5.41) is 3.15. The van der Waals surface area contributed by atoms with E-state index in [0.717, 1.165) is 62.9 Å². The van der Waals surface area contributed by atoms with Gasteiger partial charge in [0.25, 0.3) is 0 Å². The van der Waals surface area contributed by atoms with Crippen LogP contribution in [0.25, 0.3) is 0 Å². The maximum absolute atomic E-state index is 14.3. The van der Waals surface area contributed by atoms with Crippen molar-refractivity contribution in [2.24, 2.45) is 17.6 Å². The highest BCUT2D eigenvalue weighted by atomic mass is 16.2. The van der Waals surface area contributed by atoms with Gasteiger partial charge >= 0.3 is 0 Å². The first-order valence-corrected chi connectivity index (χ1v) is 13.5. The SMILES string of the molecule is CNC(C)(C(N)=O)[C@@H](C(=O)N1CCC[C@H]1c1ccnc(N2CCc3ccccc32)c1)C1CCCCC1. The maximum Gasteiger partial charge on any atom is 0.238 e. The molecule has 2 aliphatic heterocycles. The van der Waals surface area contributed by atoms with Gasteiger partial charge in [0, 0.05) is 25.0 Å². The van der Waals surface area contributed by atoms with Crippen LogP contribution in [0.5, 0.6) is 0 Å². The van der Waals surface area contributed by atoms with Crippen LogP contribution in [-0.2, 0) is 16.0 Å². The largest absolute Gasteiger partial charge is 0.368 e. The average Bonchev–Trinajstić information content (AvgIpc) is 3.57. The van der Waals surface area contributed by atoms with Crippen molar-refractivity contribution in [2.45, 2.75) is 69.9 Å². The van der Waals surface area contributed by atoms with Crippen molar-refractivity contribution in [3.8, 4) is 0 Å². The van der Waals surface area contributed by atoms with E-state index in [4.69, 9.17) is 10.7 Å². The number of likely N-dealkylation sites (N-methyl/N-ethyl adjacent to an activating group) is 1. The number of amides is 2. The number of fused-ring (bicyclic) bond motifs is 1. The Kier molecular flexibility index (Phi) is 7.02. The summed E-state index contributed by atoms with van der Waals surface area (Å²) in [6.45, 7) is 3.43. The predicted octanol–water partition coefficient (Wildman–Crippen LogP) is 4.10. The Balaban J connectivity index is 1.44. The summed E-state index contributed by atoms with van der Waals surface area (Å²) in [4.78, 5) is 36.0. The second-order valence-electron chi connectivity index (χ2n) is 10.9. The third kappa shape index (κ3) is 4.38. The van der Waals surface area contributed by atoms with Crippen molar-refractivity contribution in [1.29, 1.82) is 0 Å². The molecule has 3 N–H and O–H groups in total. The molecule has 0 spiro atoms. The molecule has 1 unspecified atom stereocenters. The topological polar surface area (TPSA) is 91.6 Å². The monoisotopic (exact) mass is 489 g/mol. The minimum absolute atomic E-state index is 0.0165. The molecule has 2 aromatic rings. The second kappa shape index (κ2) is 10.2. The summed E-state index contributed by atoms with van der Waals surface area (Å²) in [5.41, 5.74) is 8.51. The van der Waals surface area contributed by atoms with Gasteiger partial charge in [0.15, 0.2) is 0 Å². The molecule has 1 aromatic heterocycles. The molecule has 192 valence electrons. The Morgan fingerprint density at radius 3 is 2.61 bits per heavy atom. The lowest BCUT2D eigenvalue weighted by Gasteiger charge is -2.43. The van der Waals surface area contributed by atoms with Crippen molar-refractivity contribution < 1.29 is 9.59 Å².